The molecule has 3 heterocycles. The van der Waals surface area contributed by atoms with Crippen LogP contribution >= 0.6 is 0 Å². The molecule has 0 spiro atoms. The molecule has 0 saturated carbocycles. The van der Waals surface area contributed by atoms with E-state index in [9.17, 15) is 0 Å². The fraction of sp³-hybridized carbons (Fsp3) is 0.174. The normalized spacial score (nSPS) is 11.6. The second kappa shape index (κ2) is 14.4. The summed E-state index contributed by atoms with van der Waals surface area (Å²) in [5.74, 6) is 2.05. The van der Waals surface area contributed by atoms with Crippen LogP contribution in [0.1, 0.15) is 51.6 Å². The van der Waals surface area contributed by atoms with Crippen LogP contribution in [-0.2, 0) is 39.3 Å². The molecule has 3 aromatic heterocycles. The van der Waals surface area contributed by atoms with Gasteiger partial charge in [-0.15, -0.1) is 35.7 Å². The summed E-state index contributed by atoms with van der Waals surface area (Å²) in [7, 11) is 0. The molecule has 5 aromatic carbocycles. The zero-order valence-electron chi connectivity index (χ0n) is 30.1. The fourth-order valence-electron chi connectivity index (χ4n) is 6.99. The van der Waals surface area contributed by atoms with E-state index < -0.39 is 0 Å². The van der Waals surface area contributed by atoms with Gasteiger partial charge in [-0.1, -0.05) is 113 Å². The molecule has 8 aromatic rings. The molecule has 0 unspecified atom stereocenters. The molecule has 52 heavy (non-hydrogen) atoms. The van der Waals surface area contributed by atoms with Crippen LogP contribution in [-0.4, -0.2) is 19.3 Å². The molecule has 0 aliphatic carbocycles. The van der Waals surface area contributed by atoms with Crippen LogP contribution in [0.4, 0.5) is 0 Å². The summed E-state index contributed by atoms with van der Waals surface area (Å²) in [5.41, 5.74) is 11.0. The molecule has 0 atom stereocenters. The third kappa shape index (κ3) is 6.50. The Hall–Kier alpha value is -5.25. The molecular weight excluding hydrogens is 820 g/mol. The van der Waals surface area contributed by atoms with Crippen molar-refractivity contribution in [1.82, 2.24) is 19.3 Å². The topological polar surface area (TPSA) is 44.9 Å². The molecule has 260 valence electrons. The second-order valence-corrected chi connectivity index (χ2v) is 13.9. The third-order valence-electron chi connectivity index (χ3n) is 9.58. The van der Waals surface area contributed by atoms with E-state index >= 15 is 0 Å². The average Bonchev–Trinajstić information content (AvgIpc) is 3.70. The largest absolute Gasteiger partial charge is 2.00 e. The van der Waals surface area contributed by atoms with Crippen molar-refractivity contribution in [1.29, 1.82) is 0 Å². The van der Waals surface area contributed by atoms with Crippen LogP contribution in [0.5, 0.6) is 11.5 Å². The molecule has 0 radical (unpaired) electrons. The summed E-state index contributed by atoms with van der Waals surface area (Å²) in [6.07, 6.45) is 3.57. The Morgan fingerprint density at radius 1 is 0.673 bits per heavy atom. The summed E-state index contributed by atoms with van der Waals surface area (Å²) in [4.78, 5) is 4.88. The van der Waals surface area contributed by atoms with E-state index in [1.54, 1.807) is 0 Å². The van der Waals surface area contributed by atoms with Gasteiger partial charge in [0.1, 0.15) is 5.82 Å². The van der Waals surface area contributed by atoms with Gasteiger partial charge in [0.25, 0.3) is 0 Å². The van der Waals surface area contributed by atoms with E-state index in [2.05, 4.69) is 142 Å². The van der Waals surface area contributed by atoms with Crippen molar-refractivity contribution in [2.75, 3.05) is 0 Å². The number of hydrogen-bond acceptors (Lipinski definition) is 3. The quantitative estimate of drug-likeness (QED) is 0.143. The van der Waals surface area contributed by atoms with Crippen LogP contribution in [0, 0.1) is 12.1 Å². The van der Waals surface area contributed by atoms with Gasteiger partial charge < -0.3 is 9.30 Å². The van der Waals surface area contributed by atoms with E-state index in [-0.39, 0.29) is 26.5 Å². The van der Waals surface area contributed by atoms with Crippen molar-refractivity contribution in [3.05, 3.63) is 157 Å². The van der Waals surface area contributed by atoms with Crippen LogP contribution in [0.2, 0.25) is 0 Å². The minimum atomic E-state index is -0.0261. The van der Waals surface area contributed by atoms with Crippen molar-refractivity contribution >= 4 is 21.8 Å². The van der Waals surface area contributed by atoms with Crippen molar-refractivity contribution in [2.24, 2.45) is 0 Å². The minimum absolute atomic E-state index is 0. The maximum Gasteiger partial charge on any atom is 2.00 e. The van der Waals surface area contributed by atoms with Gasteiger partial charge in [-0.05, 0) is 69.8 Å². The van der Waals surface area contributed by atoms with Crippen molar-refractivity contribution in [3.63, 3.8) is 0 Å². The molecule has 8 rings (SSSR count). The molecule has 0 fully saturated rings. The van der Waals surface area contributed by atoms with Gasteiger partial charge in [0.15, 0.2) is 0 Å². The van der Waals surface area contributed by atoms with E-state index in [0.29, 0.717) is 11.5 Å². The first-order chi connectivity index (χ1) is 24.8. The maximum absolute atomic E-state index is 6.54. The fourth-order valence-corrected chi connectivity index (χ4v) is 6.99. The first kappa shape index (κ1) is 35.2. The number of hydrogen-bond donors (Lipinski definition) is 0. The van der Waals surface area contributed by atoms with Gasteiger partial charge in [-0.25, -0.2) is 4.98 Å². The number of aryl methyl sites for hydroxylation is 1. The first-order valence-electron chi connectivity index (χ1n) is 17.7. The number of nitrogens with zero attached hydrogens (tertiary/aromatic N) is 4. The monoisotopic (exact) mass is 859 g/mol. The Balaban J connectivity index is 0.00000420. The number of benzene rings is 5. The predicted octanol–water partition coefficient (Wildman–Crippen LogP) is 11.5. The molecule has 5 nitrogen and oxygen atoms in total. The number of ether oxygens (including phenoxy) is 1. The number of fused-ring (bicyclic) bond motifs is 3. The van der Waals surface area contributed by atoms with Gasteiger partial charge in [0.05, 0.1) is 5.69 Å². The zero-order valence-corrected chi connectivity index (χ0v) is 32.3. The summed E-state index contributed by atoms with van der Waals surface area (Å²) < 4.78 is 10.8. The molecule has 0 amide bonds. The second-order valence-electron chi connectivity index (χ2n) is 13.9. The number of aromatic nitrogens is 4. The van der Waals surface area contributed by atoms with Gasteiger partial charge in [-0.3, -0.25) is 4.68 Å². The molecular formula is C46H40N4OPt. The molecule has 0 saturated heterocycles. The Morgan fingerprint density at radius 3 is 2.12 bits per heavy atom. The van der Waals surface area contributed by atoms with E-state index in [0.717, 1.165) is 63.1 Å². The Morgan fingerprint density at radius 2 is 1.40 bits per heavy atom. The average molecular weight is 860 g/mol. The molecule has 0 aliphatic heterocycles. The maximum atomic E-state index is 6.54. The summed E-state index contributed by atoms with van der Waals surface area (Å²) in [6, 6.07) is 49.2. The predicted molar refractivity (Wildman–Crippen MR) is 208 cm³/mol. The molecule has 0 N–H and O–H groups in total. The van der Waals surface area contributed by atoms with Crippen molar-refractivity contribution in [2.45, 2.75) is 52.9 Å². The van der Waals surface area contributed by atoms with E-state index in [1.165, 1.54) is 22.3 Å². The molecule has 0 aliphatic rings. The third-order valence-corrected chi connectivity index (χ3v) is 9.58. The Kier molecular flexibility index (Phi) is 9.74. The van der Waals surface area contributed by atoms with Gasteiger partial charge in [0, 0.05) is 34.5 Å². The summed E-state index contributed by atoms with van der Waals surface area (Å²) in [5, 5.41) is 7.29. The van der Waals surface area contributed by atoms with Crippen molar-refractivity contribution < 1.29 is 25.8 Å². The molecule has 6 heteroatoms. The van der Waals surface area contributed by atoms with Crippen LogP contribution in [0.25, 0.3) is 55.6 Å². The van der Waals surface area contributed by atoms with E-state index in [4.69, 9.17) is 14.8 Å². The Bertz CT molecular complexity index is 2510. The summed E-state index contributed by atoms with van der Waals surface area (Å²) in [6.45, 7) is 11.0. The van der Waals surface area contributed by atoms with Crippen LogP contribution in [0.3, 0.4) is 0 Å². The number of pyridine rings is 1. The smallest absolute Gasteiger partial charge is 0.509 e. The zero-order chi connectivity index (χ0) is 35.1. The van der Waals surface area contributed by atoms with Gasteiger partial charge in [-0.2, -0.15) is 17.2 Å². The molecule has 0 bridgehead atoms. The minimum Gasteiger partial charge on any atom is -0.509 e. The summed E-state index contributed by atoms with van der Waals surface area (Å²) >= 11 is 0. The van der Waals surface area contributed by atoms with Gasteiger partial charge in [0.2, 0.25) is 0 Å². The van der Waals surface area contributed by atoms with E-state index in [1.807, 2.05) is 41.2 Å². The van der Waals surface area contributed by atoms with Crippen LogP contribution < -0.4 is 4.74 Å². The Labute approximate surface area is 320 Å². The SMILES string of the molecule is CCc1nn(-c2[c-]c(Oc3[c-]c4c(cc3)c3cc(-c5ccccc5)ccc3n4-c3cc(C(C)(C)C)ccn3)ccc2)c(CC)c1-c1ccccc1.[Pt+2]. The first-order valence-corrected chi connectivity index (χ1v) is 17.7. The number of rotatable bonds is 8. The van der Waals surface area contributed by atoms with Gasteiger partial charge >= 0.3 is 21.1 Å². The van der Waals surface area contributed by atoms with Crippen LogP contribution in [0.15, 0.2) is 128 Å². The van der Waals surface area contributed by atoms with Crippen molar-refractivity contribution in [3.8, 4) is 45.3 Å². The standard InChI is InChI=1S/C46H40N4O.Pt/c1-6-40-45(32-17-12-9-13-18-32)41(7-2)50(48-40)35-19-14-20-36(29-35)51-37-22-23-38-39-27-33(31-15-10-8-11-16-31)21-24-42(39)49(43(38)30-37)44-28-34(25-26-47-44)46(3,4)5;/h8-28H,6-7H2,1-5H3;/q-2;+2.